The summed E-state index contributed by atoms with van der Waals surface area (Å²) in [6.07, 6.45) is 3.29. The van der Waals surface area contributed by atoms with Gasteiger partial charge in [0.15, 0.2) is 5.69 Å². The molecule has 2 aromatic heterocycles. The number of thioether (sulfide) groups is 1. The second-order valence-electron chi connectivity index (χ2n) is 5.16. The van der Waals surface area contributed by atoms with Crippen molar-refractivity contribution in [3.63, 3.8) is 0 Å². The highest BCUT2D eigenvalue weighted by Crippen LogP contribution is 2.39. The molecule has 0 spiro atoms. The maximum Gasteiger partial charge on any atom is 0.247 e. The van der Waals surface area contributed by atoms with Gasteiger partial charge in [-0.1, -0.05) is 36.0 Å². The van der Waals surface area contributed by atoms with Gasteiger partial charge in [0.2, 0.25) is 17.3 Å². The third-order valence-electron chi connectivity index (χ3n) is 3.57. The van der Waals surface area contributed by atoms with Crippen molar-refractivity contribution < 1.29 is 4.74 Å². The highest BCUT2D eigenvalue weighted by molar-refractivity contribution is 7.99. The predicted octanol–water partition coefficient (Wildman–Crippen LogP) is 3.65. The van der Waals surface area contributed by atoms with Gasteiger partial charge in [-0.05, 0) is 18.2 Å². The Morgan fingerprint density at radius 2 is 2.12 bits per heavy atom. The van der Waals surface area contributed by atoms with Crippen molar-refractivity contribution >= 4 is 17.4 Å². The van der Waals surface area contributed by atoms with Gasteiger partial charge in [0.25, 0.3) is 0 Å². The number of fused-ring (bicyclic) bond motifs is 3. The molecule has 0 radical (unpaired) electrons. The molecule has 6 nitrogen and oxygen atoms in total. The molecule has 1 aliphatic rings. The lowest BCUT2D eigenvalue weighted by Crippen LogP contribution is -2.17. The topological polar surface area (TPSA) is 75.7 Å². The third kappa shape index (κ3) is 2.74. The molecule has 1 aromatic carbocycles. The standard InChI is InChI=1S/C17H15N5OS/c1-2-10-24-17-20-16-14(21-22-17)11-6-3-4-7-12(11)19-15(23-16)13-8-5-9-18-13/h2-9,15,18-19H,1,10H2/t15-/m1/s1. The summed E-state index contributed by atoms with van der Waals surface area (Å²) in [4.78, 5) is 7.71. The Balaban J connectivity index is 1.80. The van der Waals surface area contributed by atoms with Gasteiger partial charge >= 0.3 is 0 Å². The average Bonchev–Trinajstić information content (AvgIpc) is 3.09. The fourth-order valence-electron chi connectivity index (χ4n) is 2.49. The highest BCUT2D eigenvalue weighted by Gasteiger charge is 2.26. The smallest absolute Gasteiger partial charge is 0.247 e. The van der Waals surface area contributed by atoms with Gasteiger partial charge in [-0.2, -0.15) is 4.98 Å². The molecular formula is C17H15N5OS. The van der Waals surface area contributed by atoms with Crippen LogP contribution in [-0.4, -0.2) is 25.9 Å². The molecule has 0 saturated carbocycles. The van der Waals surface area contributed by atoms with Gasteiger partial charge in [-0.3, -0.25) is 0 Å². The van der Waals surface area contributed by atoms with E-state index in [2.05, 4.69) is 32.1 Å². The van der Waals surface area contributed by atoms with E-state index >= 15 is 0 Å². The molecule has 0 unspecified atom stereocenters. The predicted molar refractivity (Wildman–Crippen MR) is 94.0 cm³/mol. The van der Waals surface area contributed by atoms with Crippen LogP contribution in [0.15, 0.2) is 60.4 Å². The largest absolute Gasteiger partial charge is 0.446 e. The van der Waals surface area contributed by atoms with Crippen LogP contribution in [0.4, 0.5) is 5.69 Å². The molecule has 0 saturated heterocycles. The monoisotopic (exact) mass is 337 g/mol. The summed E-state index contributed by atoms with van der Waals surface area (Å²) in [5, 5.41) is 12.5. The van der Waals surface area contributed by atoms with E-state index in [-0.39, 0.29) is 6.23 Å². The first-order chi connectivity index (χ1) is 11.8. The number of nitrogens with zero attached hydrogens (tertiary/aromatic N) is 3. The Labute approximate surface area is 143 Å². The number of H-pyrrole nitrogens is 1. The van der Waals surface area contributed by atoms with Crippen molar-refractivity contribution in [2.75, 3.05) is 11.1 Å². The van der Waals surface area contributed by atoms with Crippen LogP contribution in [0.5, 0.6) is 5.88 Å². The van der Waals surface area contributed by atoms with E-state index in [4.69, 9.17) is 4.74 Å². The summed E-state index contributed by atoms with van der Waals surface area (Å²) in [6, 6.07) is 11.8. The van der Waals surface area contributed by atoms with Crippen molar-refractivity contribution in [2.45, 2.75) is 11.4 Å². The van der Waals surface area contributed by atoms with Crippen LogP contribution >= 0.6 is 11.8 Å². The molecular weight excluding hydrogens is 322 g/mol. The third-order valence-corrected chi connectivity index (χ3v) is 4.40. The number of hydrogen-bond donors (Lipinski definition) is 2. The van der Waals surface area contributed by atoms with Crippen molar-refractivity contribution in [3.05, 3.63) is 60.9 Å². The summed E-state index contributed by atoms with van der Waals surface area (Å²) in [5.74, 6) is 1.18. The van der Waals surface area contributed by atoms with Crippen molar-refractivity contribution in [1.82, 2.24) is 20.2 Å². The van der Waals surface area contributed by atoms with Crippen LogP contribution < -0.4 is 10.1 Å². The molecule has 7 heteroatoms. The SMILES string of the molecule is C=CCSc1nnc2c(n1)O[C@H](c1ccc[nH]1)Nc1ccccc1-2. The molecule has 0 bridgehead atoms. The van der Waals surface area contributed by atoms with Gasteiger partial charge in [-0.15, -0.1) is 16.8 Å². The second kappa shape index (κ2) is 6.37. The Morgan fingerprint density at radius 1 is 1.21 bits per heavy atom. The lowest BCUT2D eigenvalue weighted by Gasteiger charge is -2.17. The number of nitrogens with one attached hydrogen (secondary N) is 2. The summed E-state index contributed by atoms with van der Waals surface area (Å²) in [6.45, 7) is 3.71. The van der Waals surface area contributed by atoms with Gasteiger partial charge in [0, 0.05) is 23.2 Å². The Bertz CT molecular complexity index is 865. The maximum atomic E-state index is 6.11. The van der Waals surface area contributed by atoms with Crippen molar-refractivity contribution in [1.29, 1.82) is 0 Å². The number of benzene rings is 1. The van der Waals surface area contributed by atoms with Crippen LogP contribution in [0.25, 0.3) is 11.3 Å². The van der Waals surface area contributed by atoms with Crippen LogP contribution in [0.1, 0.15) is 11.9 Å². The highest BCUT2D eigenvalue weighted by atomic mass is 32.2. The minimum atomic E-state index is -0.378. The van der Waals surface area contributed by atoms with Crippen LogP contribution in [0.3, 0.4) is 0 Å². The van der Waals surface area contributed by atoms with Gasteiger partial charge < -0.3 is 15.0 Å². The lowest BCUT2D eigenvalue weighted by atomic mass is 10.1. The van der Waals surface area contributed by atoms with Gasteiger partial charge in [0.1, 0.15) is 0 Å². The number of aromatic amines is 1. The van der Waals surface area contributed by atoms with E-state index in [0.29, 0.717) is 16.7 Å². The molecule has 120 valence electrons. The molecule has 0 amide bonds. The van der Waals surface area contributed by atoms with E-state index in [1.54, 1.807) is 6.08 Å². The Hall–Kier alpha value is -2.80. The van der Waals surface area contributed by atoms with Gasteiger partial charge in [0.05, 0.1) is 5.69 Å². The Kier molecular flexibility index (Phi) is 3.92. The summed E-state index contributed by atoms with van der Waals surface area (Å²) >= 11 is 1.47. The lowest BCUT2D eigenvalue weighted by molar-refractivity contribution is 0.221. The summed E-state index contributed by atoms with van der Waals surface area (Å²) < 4.78 is 6.11. The van der Waals surface area contributed by atoms with E-state index in [9.17, 15) is 0 Å². The van der Waals surface area contributed by atoms with Crippen LogP contribution in [0.2, 0.25) is 0 Å². The number of hydrogen-bond acceptors (Lipinski definition) is 6. The number of anilines is 1. The fraction of sp³-hybridized carbons (Fsp3) is 0.118. The molecule has 0 aliphatic carbocycles. The van der Waals surface area contributed by atoms with Gasteiger partial charge in [-0.25, -0.2) is 0 Å². The van der Waals surface area contributed by atoms with E-state index in [0.717, 1.165) is 22.7 Å². The number of aromatic nitrogens is 4. The van der Waals surface area contributed by atoms with Crippen LogP contribution in [-0.2, 0) is 0 Å². The average molecular weight is 337 g/mol. The number of ether oxygens (including phenoxy) is 1. The van der Waals surface area contributed by atoms with Crippen LogP contribution in [0, 0.1) is 0 Å². The number of para-hydroxylation sites is 1. The first-order valence-corrected chi connectivity index (χ1v) is 8.48. The minimum Gasteiger partial charge on any atom is -0.446 e. The molecule has 4 rings (SSSR count). The molecule has 2 N–H and O–H groups in total. The molecule has 24 heavy (non-hydrogen) atoms. The summed E-state index contributed by atoms with van der Waals surface area (Å²) in [5.41, 5.74) is 3.40. The first-order valence-electron chi connectivity index (χ1n) is 7.49. The minimum absolute atomic E-state index is 0.378. The van der Waals surface area contributed by atoms with E-state index in [1.165, 1.54) is 11.8 Å². The van der Waals surface area contributed by atoms with E-state index in [1.807, 2.05) is 42.6 Å². The molecule has 0 fully saturated rings. The zero-order valence-electron chi connectivity index (χ0n) is 12.8. The quantitative estimate of drug-likeness (QED) is 0.559. The molecule has 3 aromatic rings. The Morgan fingerprint density at radius 3 is 2.96 bits per heavy atom. The van der Waals surface area contributed by atoms with Crippen molar-refractivity contribution in [3.8, 4) is 17.1 Å². The molecule has 1 atom stereocenters. The van der Waals surface area contributed by atoms with Crippen molar-refractivity contribution in [2.24, 2.45) is 0 Å². The molecule has 3 heterocycles. The second-order valence-corrected chi connectivity index (χ2v) is 6.15. The molecule has 1 aliphatic heterocycles. The maximum absolute atomic E-state index is 6.11. The zero-order chi connectivity index (χ0) is 16.4. The van der Waals surface area contributed by atoms with E-state index < -0.39 is 0 Å². The number of rotatable bonds is 4. The first kappa shape index (κ1) is 14.8. The fourth-order valence-corrected chi connectivity index (χ4v) is 3.00. The normalized spacial score (nSPS) is 15.4. The summed E-state index contributed by atoms with van der Waals surface area (Å²) in [7, 11) is 0. The zero-order valence-corrected chi connectivity index (χ0v) is 13.6.